The highest BCUT2D eigenvalue weighted by molar-refractivity contribution is 5.92. The molecule has 1 amide bonds. The molecule has 0 unspecified atom stereocenters. The summed E-state index contributed by atoms with van der Waals surface area (Å²) in [6.45, 7) is 1.14. The number of hydrogen-bond acceptors (Lipinski definition) is 4. The Balaban J connectivity index is 1.48. The number of carbonyl (C=O) groups is 1. The van der Waals surface area contributed by atoms with Crippen LogP contribution in [0.4, 0.5) is 5.69 Å². The normalized spacial score (nSPS) is 12.2. The van der Waals surface area contributed by atoms with Gasteiger partial charge in [0.1, 0.15) is 0 Å². The Hall–Kier alpha value is -2.53. The standard InChI is InChI=1S/C16H16N2O3/c19-16(10-17-9-12-4-2-1-3-5-12)18-13-6-7-14-15(8-13)21-11-20-14/h1-8,17H,9-11H2,(H,18,19). The van der Waals surface area contributed by atoms with Gasteiger partial charge in [0.15, 0.2) is 11.5 Å². The topological polar surface area (TPSA) is 59.6 Å². The van der Waals surface area contributed by atoms with E-state index in [9.17, 15) is 4.79 Å². The summed E-state index contributed by atoms with van der Waals surface area (Å²) in [6, 6.07) is 15.3. The monoisotopic (exact) mass is 284 g/mol. The Morgan fingerprint density at radius 1 is 1.05 bits per heavy atom. The van der Waals surface area contributed by atoms with E-state index < -0.39 is 0 Å². The number of hydrogen-bond donors (Lipinski definition) is 2. The number of carbonyl (C=O) groups excluding carboxylic acids is 1. The first-order valence-electron chi connectivity index (χ1n) is 6.75. The zero-order valence-corrected chi connectivity index (χ0v) is 11.5. The minimum absolute atomic E-state index is 0.0928. The van der Waals surface area contributed by atoms with Crippen LogP contribution in [0.3, 0.4) is 0 Å². The molecule has 0 aromatic heterocycles. The second-order valence-electron chi connectivity index (χ2n) is 4.71. The summed E-state index contributed by atoms with van der Waals surface area (Å²) in [5.74, 6) is 1.27. The van der Waals surface area contributed by atoms with Gasteiger partial charge in [-0.3, -0.25) is 4.79 Å². The first-order chi connectivity index (χ1) is 10.3. The van der Waals surface area contributed by atoms with Crippen molar-refractivity contribution in [2.75, 3.05) is 18.7 Å². The summed E-state index contributed by atoms with van der Waals surface area (Å²) in [6.07, 6.45) is 0. The summed E-state index contributed by atoms with van der Waals surface area (Å²) in [5.41, 5.74) is 1.85. The lowest BCUT2D eigenvalue weighted by Gasteiger charge is -2.07. The molecule has 2 N–H and O–H groups in total. The first kappa shape index (κ1) is 13.5. The van der Waals surface area contributed by atoms with Crippen LogP contribution in [0.25, 0.3) is 0 Å². The highest BCUT2D eigenvalue weighted by atomic mass is 16.7. The molecule has 21 heavy (non-hydrogen) atoms. The zero-order chi connectivity index (χ0) is 14.5. The maximum Gasteiger partial charge on any atom is 0.238 e. The number of nitrogens with one attached hydrogen (secondary N) is 2. The van der Waals surface area contributed by atoms with Crippen LogP contribution in [0.15, 0.2) is 48.5 Å². The van der Waals surface area contributed by atoms with Crippen LogP contribution in [-0.2, 0) is 11.3 Å². The summed E-state index contributed by atoms with van der Waals surface area (Å²) >= 11 is 0. The van der Waals surface area contributed by atoms with Crippen molar-refractivity contribution in [3.8, 4) is 11.5 Å². The molecule has 108 valence electrons. The van der Waals surface area contributed by atoms with Crippen LogP contribution in [0.2, 0.25) is 0 Å². The molecule has 0 bridgehead atoms. The van der Waals surface area contributed by atoms with Gasteiger partial charge in [-0.1, -0.05) is 30.3 Å². The summed E-state index contributed by atoms with van der Waals surface area (Å²) in [7, 11) is 0. The minimum Gasteiger partial charge on any atom is -0.454 e. The van der Waals surface area contributed by atoms with E-state index in [0.717, 1.165) is 5.56 Å². The van der Waals surface area contributed by atoms with Gasteiger partial charge in [-0.25, -0.2) is 0 Å². The van der Waals surface area contributed by atoms with Crippen molar-refractivity contribution in [1.29, 1.82) is 0 Å². The molecule has 0 spiro atoms. The fourth-order valence-corrected chi connectivity index (χ4v) is 2.10. The van der Waals surface area contributed by atoms with Crippen LogP contribution in [0, 0.1) is 0 Å². The molecule has 5 nitrogen and oxygen atoms in total. The molecule has 0 saturated heterocycles. The van der Waals surface area contributed by atoms with Crippen molar-refractivity contribution >= 4 is 11.6 Å². The lowest BCUT2D eigenvalue weighted by Crippen LogP contribution is -2.27. The lowest BCUT2D eigenvalue weighted by molar-refractivity contribution is -0.115. The van der Waals surface area contributed by atoms with Gasteiger partial charge >= 0.3 is 0 Å². The van der Waals surface area contributed by atoms with Gasteiger partial charge in [0, 0.05) is 18.3 Å². The molecule has 1 aliphatic rings. The van der Waals surface area contributed by atoms with E-state index in [-0.39, 0.29) is 19.2 Å². The third-order valence-corrected chi connectivity index (χ3v) is 3.11. The van der Waals surface area contributed by atoms with Gasteiger partial charge < -0.3 is 20.1 Å². The van der Waals surface area contributed by atoms with Crippen LogP contribution in [0.5, 0.6) is 11.5 Å². The van der Waals surface area contributed by atoms with E-state index in [4.69, 9.17) is 9.47 Å². The van der Waals surface area contributed by atoms with E-state index in [0.29, 0.717) is 23.7 Å². The second-order valence-corrected chi connectivity index (χ2v) is 4.71. The molecule has 0 fully saturated rings. The third kappa shape index (κ3) is 3.52. The maximum atomic E-state index is 11.9. The Labute approximate surface area is 122 Å². The highest BCUT2D eigenvalue weighted by Gasteiger charge is 2.13. The van der Waals surface area contributed by atoms with Gasteiger partial charge in [-0.05, 0) is 17.7 Å². The molecule has 2 aromatic rings. The Morgan fingerprint density at radius 2 is 1.86 bits per heavy atom. The molecule has 1 aliphatic heterocycles. The Bertz CT molecular complexity index is 629. The Kier molecular flexibility index (Phi) is 4.02. The summed E-state index contributed by atoms with van der Waals surface area (Å²) in [5, 5.41) is 5.93. The average molecular weight is 284 g/mol. The van der Waals surface area contributed by atoms with Crippen LogP contribution >= 0.6 is 0 Å². The molecule has 0 atom stereocenters. The van der Waals surface area contributed by atoms with E-state index in [2.05, 4.69) is 10.6 Å². The highest BCUT2D eigenvalue weighted by Crippen LogP contribution is 2.34. The van der Waals surface area contributed by atoms with Gasteiger partial charge in [0.25, 0.3) is 0 Å². The van der Waals surface area contributed by atoms with Crippen molar-refractivity contribution in [3.05, 3.63) is 54.1 Å². The molecular formula is C16H16N2O3. The quantitative estimate of drug-likeness (QED) is 0.883. The molecule has 0 radical (unpaired) electrons. The van der Waals surface area contributed by atoms with Gasteiger partial charge in [0.05, 0.1) is 6.54 Å². The van der Waals surface area contributed by atoms with Crippen LogP contribution < -0.4 is 20.1 Å². The molecule has 5 heteroatoms. The van der Waals surface area contributed by atoms with Crippen molar-refractivity contribution in [2.45, 2.75) is 6.54 Å². The number of rotatable bonds is 5. The zero-order valence-electron chi connectivity index (χ0n) is 11.5. The average Bonchev–Trinajstić information content (AvgIpc) is 2.96. The van der Waals surface area contributed by atoms with E-state index >= 15 is 0 Å². The predicted molar refractivity (Wildman–Crippen MR) is 79.3 cm³/mol. The van der Waals surface area contributed by atoms with Crippen molar-refractivity contribution < 1.29 is 14.3 Å². The number of ether oxygens (including phenoxy) is 2. The van der Waals surface area contributed by atoms with E-state index in [1.165, 1.54) is 0 Å². The Morgan fingerprint density at radius 3 is 2.71 bits per heavy atom. The number of amides is 1. The largest absolute Gasteiger partial charge is 0.454 e. The second kappa shape index (κ2) is 6.28. The number of anilines is 1. The number of benzene rings is 2. The first-order valence-corrected chi connectivity index (χ1v) is 6.75. The van der Waals surface area contributed by atoms with Crippen LogP contribution in [-0.4, -0.2) is 19.2 Å². The fourth-order valence-electron chi connectivity index (χ4n) is 2.10. The minimum atomic E-state index is -0.0928. The molecular weight excluding hydrogens is 268 g/mol. The molecule has 0 aliphatic carbocycles. The van der Waals surface area contributed by atoms with Gasteiger partial charge in [-0.2, -0.15) is 0 Å². The maximum absolute atomic E-state index is 11.9. The smallest absolute Gasteiger partial charge is 0.238 e. The molecule has 3 rings (SSSR count). The number of fused-ring (bicyclic) bond motifs is 1. The fraction of sp³-hybridized carbons (Fsp3) is 0.188. The van der Waals surface area contributed by atoms with E-state index in [1.807, 2.05) is 30.3 Å². The third-order valence-electron chi connectivity index (χ3n) is 3.11. The van der Waals surface area contributed by atoms with Crippen LogP contribution in [0.1, 0.15) is 5.56 Å². The summed E-state index contributed by atoms with van der Waals surface area (Å²) < 4.78 is 10.5. The summed E-state index contributed by atoms with van der Waals surface area (Å²) in [4.78, 5) is 11.9. The van der Waals surface area contributed by atoms with E-state index in [1.54, 1.807) is 18.2 Å². The van der Waals surface area contributed by atoms with Crippen molar-refractivity contribution in [2.24, 2.45) is 0 Å². The van der Waals surface area contributed by atoms with Crippen molar-refractivity contribution in [1.82, 2.24) is 5.32 Å². The molecule has 1 heterocycles. The molecule has 0 saturated carbocycles. The van der Waals surface area contributed by atoms with Gasteiger partial charge in [0.2, 0.25) is 12.7 Å². The predicted octanol–water partition coefficient (Wildman–Crippen LogP) is 2.14. The molecule has 2 aromatic carbocycles. The van der Waals surface area contributed by atoms with Crippen molar-refractivity contribution in [3.63, 3.8) is 0 Å². The SMILES string of the molecule is O=C(CNCc1ccccc1)Nc1ccc2c(c1)OCO2. The lowest BCUT2D eigenvalue weighted by atomic mass is 10.2. The van der Waals surface area contributed by atoms with Gasteiger partial charge in [-0.15, -0.1) is 0 Å².